The molecule has 2 atom stereocenters. The molecule has 2 aromatic rings. The van der Waals surface area contributed by atoms with E-state index in [1.165, 1.54) is 6.07 Å². The van der Waals surface area contributed by atoms with Crippen molar-refractivity contribution in [3.05, 3.63) is 69.7 Å². The normalized spacial score (nSPS) is 22.9. The lowest BCUT2D eigenvalue weighted by molar-refractivity contribution is 0.553. The molecule has 0 amide bonds. The zero-order chi connectivity index (χ0) is 17.5. The Kier molecular flexibility index (Phi) is 4.44. The van der Waals surface area contributed by atoms with Crippen LogP contribution in [0.4, 0.5) is 8.78 Å². The summed E-state index contributed by atoms with van der Waals surface area (Å²) in [6.07, 6.45) is 0. The molecular formula is C16H13BrF2N2O2S. The van der Waals surface area contributed by atoms with Gasteiger partial charge < -0.3 is 5.73 Å². The third kappa shape index (κ3) is 3.21. The topological polar surface area (TPSA) is 72.5 Å². The Hall–Kier alpha value is -1.80. The molecule has 8 heteroatoms. The van der Waals surface area contributed by atoms with Crippen molar-refractivity contribution >= 4 is 31.6 Å². The second-order valence-corrected chi connectivity index (χ2v) is 8.55. The number of rotatable bonds is 2. The summed E-state index contributed by atoms with van der Waals surface area (Å²) < 4.78 is 53.1. The molecule has 1 aliphatic heterocycles. The highest BCUT2D eigenvalue weighted by atomic mass is 79.9. The van der Waals surface area contributed by atoms with Crippen molar-refractivity contribution < 1.29 is 17.2 Å². The van der Waals surface area contributed by atoms with Gasteiger partial charge in [-0.2, -0.15) is 0 Å². The van der Waals surface area contributed by atoms with Crippen LogP contribution in [0, 0.1) is 11.6 Å². The predicted molar refractivity (Wildman–Crippen MR) is 91.4 cm³/mol. The Morgan fingerprint density at radius 1 is 1.17 bits per heavy atom. The van der Waals surface area contributed by atoms with E-state index < -0.39 is 38.5 Å². The monoisotopic (exact) mass is 414 g/mol. The van der Waals surface area contributed by atoms with E-state index in [1.54, 1.807) is 24.3 Å². The number of aliphatic imine (C=N–C) groups is 1. The van der Waals surface area contributed by atoms with Gasteiger partial charge >= 0.3 is 0 Å². The zero-order valence-corrected chi connectivity index (χ0v) is 14.7. The average molecular weight is 415 g/mol. The SMILES string of the molecule is NC1=NC(c2ccc(F)cc2F)CS(=O)(=O)C1c1cccc(Br)c1. The van der Waals surface area contributed by atoms with Crippen LogP contribution in [0.15, 0.2) is 51.9 Å². The highest BCUT2D eigenvalue weighted by Gasteiger charge is 2.38. The molecule has 126 valence electrons. The summed E-state index contributed by atoms with van der Waals surface area (Å²) in [5.41, 5.74) is 6.40. The Bertz CT molecular complexity index is 931. The quantitative estimate of drug-likeness (QED) is 0.818. The van der Waals surface area contributed by atoms with Gasteiger partial charge in [-0.3, -0.25) is 4.99 Å². The fourth-order valence-corrected chi connectivity index (χ4v) is 5.06. The van der Waals surface area contributed by atoms with Gasteiger partial charge in [-0.15, -0.1) is 0 Å². The van der Waals surface area contributed by atoms with E-state index in [0.717, 1.165) is 10.5 Å². The van der Waals surface area contributed by atoms with Crippen molar-refractivity contribution in [3.8, 4) is 0 Å². The molecule has 3 rings (SSSR count). The standard InChI is InChI=1S/C16H13BrF2N2O2S/c17-10-3-1-2-9(6-10)15-16(20)21-14(8-24(15,22)23)12-5-4-11(18)7-13(12)19/h1-7,14-15H,8H2,(H2,20,21). The fourth-order valence-electron chi connectivity index (χ4n) is 2.76. The third-order valence-corrected chi connectivity index (χ3v) is 6.30. The molecule has 0 saturated heterocycles. The molecule has 0 fully saturated rings. The smallest absolute Gasteiger partial charge is 0.166 e. The summed E-state index contributed by atoms with van der Waals surface area (Å²) in [7, 11) is -3.70. The summed E-state index contributed by atoms with van der Waals surface area (Å²) in [4.78, 5) is 4.16. The van der Waals surface area contributed by atoms with E-state index in [2.05, 4.69) is 20.9 Å². The van der Waals surface area contributed by atoms with Gasteiger partial charge in [0.1, 0.15) is 22.7 Å². The van der Waals surface area contributed by atoms with Crippen LogP contribution >= 0.6 is 15.9 Å². The second kappa shape index (κ2) is 6.25. The molecule has 0 radical (unpaired) electrons. The summed E-state index contributed by atoms with van der Waals surface area (Å²) >= 11 is 3.29. The number of benzene rings is 2. The predicted octanol–water partition coefficient (Wildman–Crippen LogP) is 3.30. The first-order valence-electron chi connectivity index (χ1n) is 7.03. The van der Waals surface area contributed by atoms with Crippen LogP contribution in [0.1, 0.15) is 22.4 Å². The van der Waals surface area contributed by atoms with Crippen LogP contribution in [0.2, 0.25) is 0 Å². The second-order valence-electron chi connectivity index (χ2n) is 5.50. The van der Waals surface area contributed by atoms with Crippen LogP contribution in [-0.4, -0.2) is 20.0 Å². The maximum absolute atomic E-state index is 13.9. The van der Waals surface area contributed by atoms with Crippen molar-refractivity contribution in [1.82, 2.24) is 0 Å². The molecule has 0 aromatic heterocycles. The average Bonchev–Trinajstić information content (AvgIpc) is 2.45. The summed E-state index contributed by atoms with van der Waals surface area (Å²) in [6.45, 7) is 0. The van der Waals surface area contributed by atoms with Gasteiger partial charge in [-0.25, -0.2) is 17.2 Å². The van der Waals surface area contributed by atoms with Crippen LogP contribution in [0.25, 0.3) is 0 Å². The van der Waals surface area contributed by atoms with Crippen molar-refractivity contribution in [3.63, 3.8) is 0 Å². The Morgan fingerprint density at radius 3 is 2.54 bits per heavy atom. The molecule has 1 aliphatic rings. The Labute approximate surface area is 146 Å². The molecule has 2 aromatic carbocycles. The minimum Gasteiger partial charge on any atom is -0.386 e. The third-order valence-electron chi connectivity index (χ3n) is 3.80. The van der Waals surface area contributed by atoms with Gasteiger partial charge in [0, 0.05) is 16.1 Å². The summed E-state index contributed by atoms with van der Waals surface area (Å²) in [5, 5.41) is -1.07. The van der Waals surface area contributed by atoms with E-state index in [4.69, 9.17) is 5.73 Å². The van der Waals surface area contributed by atoms with Crippen molar-refractivity contribution in [2.24, 2.45) is 10.7 Å². The number of halogens is 3. The van der Waals surface area contributed by atoms with Crippen molar-refractivity contribution in [1.29, 1.82) is 0 Å². The van der Waals surface area contributed by atoms with E-state index in [1.807, 2.05) is 0 Å². The number of nitrogens with two attached hydrogens (primary N) is 1. The number of amidine groups is 1. The largest absolute Gasteiger partial charge is 0.386 e. The highest BCUT2D eigenvalue weighted by molar-refractivity contribution is 9.10. The van der Waals surface area contributed by atoms with Gasteiger partial charge in [-0.05, 0) is 23.8 Å². The lowest BCUT2D eigenvalue weighted by Gasteiger charge is -2.27. The molecule has 0 bridgehead atoms. The molecule has 2 N–H and O–H groups in total. The maximum Gasteiger partial charge on any atom is 0.166 e. The van der Waals surface area contributed by atoms with Gasteiger partial charge in [0.05, 0.1) is 11.8 Å². The molecule has 0 spiro atoms. The Morgan fingerprint density at radius 2 is 1.92 bits per heavy atom. The van der Waals surface area contributed by atoms with Crippen molar-refractivity contribution in [2.75, 3.05) is 5.75 Å². The number of sulfone groups is 1. The Balaban J connectivity index is 2.06. The van der Waals surface area contributed by atoms with Gasteiger partial charge in [0.25, 0.3) is 0 Å². The molecule has 4 nitrogen and oxygen atoms in total. The van der Waals surface area contributed by atoms with Gasteiger partial charge in [0.15, 0.2) is 9.84 Å². The van der Waals surface area contributed by atoms with E-state index in [0.29, 0.717) is 11.6 Å². The first kappa shape index (κ1) is 17.0. The van der Waals surface area contributed by atoms with Crippen molar-refractivity contribution in [2.45, 2.75) is 11.3 Å². The summed E-state index contributed by atoms with van der Waals surface area (Å²) in [5.74, 6) is -2.08. The zero-order valence-electron chi connectivity index (χ0n) is 12.3. The van der Waals surface area contributed by atoms with E-state index in [9.17, 15) is 17.2 Å². The first-order chi connectivity index (χ1) is 11.3. The highest BCUT2D eigenvalue weighted by Crippen LogP contribution is 2.35. The van der Waals surface area contributed by atoms with Crippen LogP contribution in [-0.2, 0) is 9.84 Å². The molecule has 24 heavy (non-hydrogen) atoms. The van der Waals surface area contributed by atoms with E-state index >= 15 is 0 Å². The first-order valence-corrected chi connectivity index (χ1v) is 9.54. The van der Waals surface area contributed by atoms with Crippen LogP contribution < -0.4 is 5.73 Å². The molecule has 0 saturated carbocycles. The number of hydrogen-bond donors (Lipinski definition) is 1. The van der Waals surface area contributed by atoms with Gasteiger partial charge in [-0.1, -0.05) is 34.1 Å². The molecule has 0 aliphatic carbocycles. The number of nitrogens with zero attached hydrogens (tertiary/aromatic N) is 1. The van der Waals surface area contributed by atoms with E-state index in [-0.39, 0.29) is 11.4 Å². The fraction of sp³-hybridized carbons (Fsp3) is 0.188. The summed E-state index contributed by atoms with van der Waals surface area (Å²) in [6, 6.07) is 8.75. The van der Waals surface area contributed by atoms with Gasteiger partial charge in [0.2, 0.25) is 0 Å². The van der Waals surface area contributed by atoms with Crippen LogP contribution in [0.3, 0.4) is 0 Å². The lowest BCUT2D eigenvalue weighted by Crippen LogP contribution is -2.37. The molecule has 1 heterocycles. The molecular weight excluding hydrogens is 402 g/mol. The molecule has 2 unspecified atom stereocenters. The lowest BCUT2D eigenvalue weighted by atomic mass is 10.1. The minimum atomic E-state index is -3.70. The minimum absolute atomic E-state index is 0.00983. The number of hydrogen-bond acceptors (Lipinski definition) is 4. The maximum atomic E-state index is 13.9. The van der Waals surface area contributed by atoms with Crippen LogP contribution in [0.5, 0.6) is 0 Å².